The van der Waals surface area contributed by atoms with E-state index in [2.05, 4.69) is 10.3 Å². The van der Waals surface area contributed by atoms with E-state index in [9.17, 15) is 19.5 Å². The van der Waals surface area contributed by atoms with Crippen molar-refractivity contribution in [1.29, 1.82) is 0 Å². The van der Waals surface area contributed by atoms with Crippen molar-refractivity contribution in [2.24, 2.45) is 0 Å². The molecule has 31 heavy (non-hydrogen) atoms. The number of anilines is 1. The van der Waals surface area contributed by atoms with Crippen molar-refractivity contribution in [2.45, 2.75) is 51.8 Å². The summed E-state index contributed by atoms with van der Waals surface area (Å²) in [5, 5.41) is 12.3. The smallest absolute Gasteiger partial charge is 0.338 e. The maximum absolute atomic E-state index is 13.1. The van der Waals surface area contributed by atoms with Crippen molar-refractivity contribution in [1.82, 2.24) is 9.88 Å². The topological polar surface area (TPSA) is 109 Å². The monoisotopic (exact) mass is 425 g/mol. The molecule has 164 valence electrons. The first-order valence-corrected chi connectivity index (χ1v) is 10.1. The van der Waals surface area contributed by atoms with Crippen LogP contribution >= 0.6 is 0 Å². The van der Waals surface area contributed by atoms with Gasteiger partial charge in [-0.3, -0.25) is 14.6 Å². The summed E-state index contributed by atoms with van der Waals surface area (Å²) in [6.45, 7) is 6.05. The fraction of sp³-hybridized carbons (Fsp3) is 0.391. The number of pyridine rings is 1. The number of carbonyl (C=O) groups is 3. The van der Waals surface area contributed by atoms with E-state index in [1.165, 1.54) is 0 Å². The normalized spacial score (nSPS) is 16.2. The third-order valence-corrected chi connectivity index (χ3v) is 4.81. The number of carboxylic acid groups (broad SMARTS) is 1. The Kier molecular flexibility index (Phi) is 6.58. The first-order valence-electron chi connectivity index (χ1n) is 10.1. The Morgan fingerprint density at radius 2 is 2.06 bits per heavy atom. The molecule has 2 heterocycles. The Labute approximate surface area is 181 Å². The zero-order valence-electron chi connectivity index (χ0n) is 17.9. The molecule has 2 N–H and O–H groups in total. The molecule has 0 fully saturated rings. The van der Waals surface area contributed by atoms with Gasteiger partial charge in [-0.05, 0) is 62.6 Å². The molecule has 8 heteroatoms. The Balaban J connectivity index is 1.87. The van der Waals surface area contributed by atoms with E-state index < -0.39 is 23.6 Å². The van der Waals surface area contributed by atoms with Crippen LogP contribution in [0.25, 0.3) is 0 Å². The predicted molar refractivity (Wildman–Crippen MR) is 115 cm³/mol. The molecule has 1 aliphatic heterocycles. The fourth-order valence-electron chi connectivity index (χ4n) is 3.39. The largest absolute Gasteiger partial charge is 0.481 e. The highest BCUT2D eigenvalue weighted by atomic mass is 16.6. The molecule has 1 aromatic carbocycles. The van der Waals surface area contributed by atoms with E-state index in [0.717, 1.165) is 11.1 Å². The molecule has 0 spiro atoms. The van der Waals surface area contributed by atoms with Gasteiger partial charge in [-0.15, -0.1) is 0 Å². The minimum atomic E-state index is -1.06. The molecular weight excluding hydrogens is 398 g/mol. The van der Waals surface area contributed by atoms with Gasteiger partial charge in [0.1, 0.15) is 11.6 Å². The molecular formula is C23H27N3O5. The second-order valence-corrected chi connectivity index (χ2v) is 8.54. The highest BCUT2D eigenvalue weighted by Gasteiger charge is 2.31. The van der Waals surface area contributed by atoms with Gasteiger partial charge in [-0.25, -0.2) is 4.79 Å². The summed E-state index contributed by atoms with van der Waals surface area (Å²) in [4.78, 5) is 42.6. The number of carbonyl (C=O) groups excluding carboxylic acids is 2. The second-order valence-electron chi connectivity index (χ2n) is 8.54. The third kappa shape index (κ3) is 6.04. The summed E-state index contributed by atoms with van der Waals surface area (Å²) >= 11 is 0. The lowest BCUT2D eigenvalue weighted by Crippen LogP contribution is -2.42. The van der Waals surface area contributed by atoms with E-state index >= 15 is 0 Å². The van der Waals surface area contributed by atoms with E-state index in [1.54, 1.807) is 56.3 Å². The molecule has 1 aliphatic rings. The van der Waals surface area contributed by atoms with E-state index in [1.807, 2.05) is 12.1 Å². The van der Waals surface area contributed by atoms with Crippen LogP contribution in [0.15, 0.2) is 42.7 Å². The van der Waals surface area contributed by atoms with Crippen LogP contribution in [0.2, 0.25) is 0 Å². The van der Waals surface area contributed by atoms with Crippen molar-refractivity contribution in [3.8, 4) is 0 Å². The molecule has 0 saturated carbocycles. The van der Waals surface area contributed by atoms with Gasteiger partial charge in [0.15, 0.2) is 0 Å². The fourth-order valence-corrected chi connectivity index (χ4v) is 3.39. The Hall–Kier alpha value is -3.42. The maximum atomic E-state index is 13.1. The van der Waals surface area contributed by atoms with Gasteiger partial charge in [0.25, 0.3) is 0 Å². The van der Waals surface area contributed by atoms with Crippen molar-refractivity contribution in [2.75, 3.05) is 11.9 Å². The van der Waals surface area contributed by atoms with Crippen LogP contribution in [-0.4, -0.2) is 51.0 Å². The summed E-state index contributed by atoms with van der Waals surface area (Å²) < 4.78 is 5.45. The lowest BCUT2D eigenvalue weighted by Gasteiger charge is -2.24. The molecule has 8 nitrogen and oxygen atoms in total. The first-order chi connectivity index (χ1) is 14.6. The number of esters is 1. The number of rotatable bonds is 6. The summed E-state index contributed by atoms with van der Waals surface area (Å²) in [5.74, 6) is -1.80. The number of aromatic nitrogens is 1. The zero-order valence-corrected chi connectivity index (χ0v) is 17.9. The predicted octanol–water partition coefficient (Wildman–Crippen LogP) is 2.88. The molecule has 1 aromatic heterocycles. The van der Waals surface area contributed by atoms with Crippen molar-refractivity contribution in [3.05, 3.63) is 59.4 Å². The Bertz CT molecular complexity index is 969. The maximum Gasteiger partial charge on any atom is 0.338 e. The van der Waals surface area contributed by atoms with Crippen molar-refractivity contribution >= 4 is 23.5 Å². The summed E-state index contributed by atoms with van der Waals surface area (Å²) in [6, 6.07) is 7.88. The van der Waals surface area contributed by atoms with Crippen LogP contribution in [-0.2, 0) is 27.3 Å². The van der Waals surface area contributed by atoms with Gasteiger partial charge in [0.05, 0.1) is 12.0 Å². The number of benzene rings is 1. The standard InChI is InChI=1S/C23H27N3O5/c1-23(2,3)31-22(30)16-6-7-18-17(11-16)14-26(10-8-15-5-4-9-24-13-15)21(29)19(25-18)12-20(27)28/h4-7,9,11,13,19,25H,8,10,12,14H2,1-3H3,(H,27,28)/t19-/m0/s1. The quantitative estimate of drug-likeness (QED) is 0.685. The lowest BCUT2D eigenvalue weighted by atomic mass is 10.1. The number of fused-ring (bicyclic) bond motifs is 1. The molecule has 1 atom stereocenters. The SMILES string of the molecule is CC(C)(C)OC(=O)c1ccc2c(c1)CN(CCc1cccnc1)C(=O)[C@H](CC(=O)O)N2. The number of carboxylic acids is 1. The number of nitrogens with one attached hydrogen (secondary N) is 1. The van der Waals surface area contributed by atoms with Gasteiger partial charge in [0.2, 0.25) is 5.91 Å². The number of nitrogens with zero attached hydrogens (tertiary/aromatic N) is 2. The number of aliphatic carboxylic acids is 1. The minimum Gasteiger partial charge on any atom is -0.481 e. The molecule has 0 radical (unpaired) electrons. The average molecular weight is 425 g/mol. The molecule has 3 rings (SSSR count). The van der Waals surface area contributed by atoms with Gasteiger partial charge >= 0.3 is 11.9 Å². The van der Waals surface area contributed by atoms with Crippen LogP contribution < -0.4 is 5.32 Å². The van der Waals surface area contributed by atoms with E-state index in [0.29, 0.717) is 24.2 Å². The van der Waals surface area contributed by atoms with Crippen molar-refractivity contribution < 1.29 is 24.2 Å². The van der Waals surface area contributed by atoms with E-state index in [-0.39, 0.29) is 18.9 Å². The van der Waals surface area contributed by atoms with Crippen LogP contribution in [0.3, 0.4) is 0 Å². The van der Waals surface area contributed by atoms with Crippen LogP contribution in [0, 0.1) is 0 Å². The highest BCUT2D eigenvalue weighted by Crippen LogP contribution is 2.26. The summed E-state index contributed by atoms with van der Waals surface area (Å²) in [7, 11) is 0. The first kappa shape index (κ1) is 22.3. The van der Waals surface area contributed by atoms with Gasteiger partial charge in [-0.2, -0.15) is 0 Å². The molecule has 0 unspecified atom stereocenters. The van der Waals surface area contributed by atoms with Gasteiger partial charge < -0.3 is 20.1 Å². The molecule has 0 saturated heterocycles. The Morgan fingerprint density at radius 1 is 1.29 bits per heavy atom. The third-order valence-electron chi connectivity index (χ3n) is 4.81. The molecule has 1 amide bonds. The lowest BCUT2D eigenvalue weighted by molar-refractivity contribution is -0.141. The van der Waals surface area contributed by atoms with Gasteiger partial charge in [-0.1, -0.05) is 6.07 Å². The molecule has 2 aromatic rings. The van der Waals surface area contributed by atoms with E-state index in [4.69, 9.17) is 4.74 Å². The second kappa shape index (κ2) is 9.16. The van der Waals surface area contributed by atoms with Crippen molar-refractivity contribution in [3.63, 3.8) is 0 Å². The molecule has 0 aliphatic carbocycles. The number of amides is 1. The number of ether oxygens (including phenoxy) is 1. The highest BCUT2D eigenvalue weighted by molar-refractivity contribution is 5.93. The summed E-state index contributed by atoms with van der Waals surface area (Å²) in [5.41, 5.74) is 2.10. The number of hydrogen-bond donors (Lipinski definition) is 2. The number of hydrogen-bond acceptors (Lipinski definition) is 6. The summed E-state index contributed by atoms with van der Waals surface area (Å²) in [6.07, 6.45) is 3.67. The zero-order chi connectivity index (χ0) is 22.6. The van der Waals surface area contributed by atoms with Crippen LogP contribution in [0.4, 0.5) is 5.69 Å². The van der Waals surface area contributed by atoms with Crippen LogP contribution in [0.5, 0.6) is 0 Å². The van der Waals surface area contributed by atoms with Crippen LogP contribution in [0.1, 0.15) is 48.7 Å². The Morgan fingerprint density at radius 3 is 2.71 bits per heavy atom. The van der Waals surface area contributed by atoms with Gasteiger partial charge in [0, 0.05) is 31.2 Å². The average Bonchev–Trinajstić information content (AvgIpc) is 2.82. The minimum absolute atomic E-state index is 0.258. The molecule has 0 bridgehead atoms.